The van der Waals surface area contributed by atoms with E-state index in [0.29, 0.717) is 49.5 Å². The molecule has 3 rings (SSSR count). The van der Waals surface area contributed by atoms with E-state index >= 15 is 0 Å². The summed E-state index contributed by atoms with van der Waals surface area (Å²) in [5, 5.41) is 23.0. The van der Waals surface area contributed by atoms with Crippen LogP contribution in [0, 0.1) is 10.1 Å². The van der Waals surface area contributed by atoms with Gasteiger partial charge < -0.3 is 10.0 Å². The van der Waals surface area contributed by atoms with Crippen molar-refractivity contribution in [2.24, 2.45) is 0 Å². The zero-order valence-corrected chi connectivity index (χ0v) is 16.9. The van der Waals surface area contributed by atoms with Crippen molar-refractivity contribution >= 4 is 17.4 Å². The second-order valence-electron chi connectivity index (χ2n) is 7.69. The smallest absolute Gasteiger partial charge is 0.276 e. The third kappa shape index (κ3) is 5.85. The van der Waals surface area contributed by atoms with Crippen LogP contribution in [0.2, 0.25) is 5.02 Å². The van der Waals surface area contributed by atoms with Crippen molar-refractivity contribution in [2.45, 2.75) is 37.3 Å². The molecule has 6 nitrogen and oxygen atoms in total. The first-order chi connectivity index (χ1) is 13.9. The van der Waals surface area contributed by atoms with Gasteiger partial charge in [-0.15, -0.1) is 0 Å². The van der Waals surface area contributed by atoms with Crippen LogP contribution in [0.1, 0.15) is 35.2 Å². The first-order valence-corrected chi connectivity index (χ1v) is 10.2. The van der Waals surface area contributed by atoms with Crippen LogP contribution in [-0.2, 0) is 6.42 Å². The van der Waals surface area contributed by atoms with Gasteiger partial charge in [0.05, 0.1) is 5.60 Å². The third-order valence-electron chi connectivity index (χ3n) is 5.57. The first-order valence-electron chi connectivity index (χ1n) is 9.78. The molecule has 0 aromatic heterocycles. The van der Waals surface area contributed by atoms with Crippen molar-refractivity contribution in [3.8, 4) is 0 Å². The fraction of sp³-hybridized carbons (Fsp3) is 0.409. The van der Waals surface area contributed by atoms with Gasteiger partial charge in [0.2, 0.25) is 5.78 Å². The van der Waals surface area contributed by atoms with E-state index in [4.69, 9.17) is 11.6 Å². The summed E-state index contributed by atoms with van der Waals surface area (Å²) in [4.78, 5) is 25.5. The number of ketones is 1. The molecule has 1 unspecified atom stereocenters. The minimum Gasteiger partial charge on any atom is -0.389 e. The molecule has 1 fully saturated rings. The van der Waals surface area contributed by atoms with E-state index in [-0.39, 0.29) is 6.42 Å². The maximum Gasteiger partial charge on any atom is 0.276 e. The van der Waals surface area contributed by atoms with Gasteiger partial charge >= 0.3 is 0 Å². The van der Waals surface area contributed by atoms with E-state index in [1.54, 1.807) is 30.3 Å². The van der Waals surface area contributed by atoms with E-state index in [9.17, 15) is 20.0 Å². The van der Waals surface area contributed by atoms with Crippen LogP contribution in [0.3, 0.4) is 0 Å². The van der Waals surface area contributed by atoms with Crippen molar-refractivity contribution in [1.82, 2.24) is 4.90 Å². The lowest BCUT2D eigenvalue weighted by atomic mass is 9.85. The van der Waals surface area contributed by atoms with Crippen molar-refractivity contribution in [3.63, 3.8) is 0 Å². The minimum absolute atomic E-state index is 0.163. The number of rotatable bonds is 8. The fourth-order valence-corrected chi connectivity index (χ4v) is 3.91. The highest BCUT2D eigenvalue weighted by Gasteiger charge is 2.35. The van der Waals surface area contributed by atoms with Crippen LogP contribution in [0.15, 0.2) is 54.6 Å². The molecule has 1 atom stereocenters. The number of benzene rings is 2. The maximum atomic E-state index is 12.5. The molecule has 2 aromatic carbocycles. The second-order valence-corrected chi connectivity index (χ2v) is 8.13. The van der Waals surface area contributed by atoms with Crippen molar-refractivity contribution < 1.29 is 14.8 Å². The number of carbonyl (C=O) groups is 1. The normalized spacial score (nSPS) is 17.6. The Labute approximate surface area is 175 Å². The number of nitrogens with zero attached hydrogens (tertiary/aromatic N) is 2. The highest BCUT2D eigenvalue weighted by molar-refractivity contribution is 6.30. The molecule has 0 spiro atoms. The lowest BCUT2D eigenvalue weighted by Crippen LogP contribution is -2.46. The molecule has 29 heavy (non-hydrogen) atoms. The largest absolute Gasteiger partial charge is 0.389 e. The van der Waals surface area contributed by atoms with Crippen molar-refractivity contribution in [2.75, 3.05) is 19.6 Å². The number of Topliss-reactive ketones (excluding diaryl/α,β-unsaturated/α-hetero) is 1. The highest BCUT2D eigenvalue weighted by Crippen LogP contribution is 2.27. The standard InChI is InChI=1S/C22H25ClN2O4/c23-19-8-6-17(7-9-19)16-22(27)11-14-24(15-12-22)13-10-20(25(28)29)21(26)18-4-2-1-3-5-18/h1-9,20,27H,10-16H2. The van der Waals surface area contributed by atoms with E-state index in [2.05, 4.69) is 4.90 Å². The Balaban J connectivity index is 1.52. The lowest BCUT2D eigenvalue weighted by molar-refractivity contribution is -0.506. The summed E-state index contributed by atoms with van der Waals surface area (Å²) in [6.07, 6.45) is 1.90. The fourth-order valence-electron chi connectivity index (χ4n) is 3.78. The number of hydrogen-bond acceptors (Lipinski definition) is 5. The van der Waals surface area contributed by atoms with Gasteiger partial charge in [0, 0.05) is 48.0 Å². The Morgan fingerprint density at radius 3 is 2.34 bits per heavy atom. The molecule has 7 heteroatoms. The molecular formula is C22H25ClN2O4. The number of hydrogen-bond donors (Lipinski definition) is 1. The molecule has 1 N–H and O–H groups in total. The molecule has 0 saturated carbocycles. The van der Waals surface area contributed by atoms with Gasteiger partial charge in [-0.1, -0.05) is 54.1 Å². The molecular weight excluding hydrogens is 392 g/mol. The number of carbonyl (C=O) groups excluding carboxylic acids is 1. The van der Waals surface area contributed by atoms with Gasteiger partial charge in [-0.25, -0.2) is 0 Å². The predicted molar refractivity (Wildman–Crippen MR) is 112 cm³/mol. The van der Waals surface area contributed by atoms with E-state index in [1.165, 1.54) is 0 Å². The molecule has 1 saturated heterocycles. The molecule has 0 bridgehead atoms. The summed E-state index contributed by atoms with van der Waals surface area (Å²) in [7, 11) is 0. The Morgan fingerprint density at radius 2 is 1.76 bits per heavy atom. The molecule has 0 aliphatic carbocycles. The Hall–Kier alpha value is -2.28. The van der Waals surface area contributed by atoms with Gasteiger partial charge in [0.1, 0.15) is 0 Å². The van der Waals surface area contributed by atoms with E-state index in [1.807, 2.05) is 24.3 Å². The number of piperidine rings is 1. The summed E-state index contributed by atoms with van der Waals surface area (Å²) in [5.74, 6) is -0.452. The quantitative estimate of drug-likeness (QED) is 0.403. The zero-order valence-electron chi connectivity index (χ0n) is 16.2. The lowest BCUT2D eigenvalue weighted by Gasteiger charge is -2.38. The summed E-state index contributed by atoms with van der Waals surface area (Å²) >= 11 is 5.91. The number of aliphatic hydroxyl groups is 1. The van der Waals surface area contributed by atoms with Gasteiger partial charge in [0.25, 0.3) is 6.04 Å². The molecule has 2 aromatic rings. The van der Waals surface area contributed by atoms with Gasteiger partial charge in [-0.2, -0.15) is 0 Å². The van der Waals surface area contributed by atoms with Crippen molar-refractivity contribution in [3.05, 3.63) is 80.9 Å². The van der Waals surface area contributed by atoms with Crippen LogP contribution < -0.4 is 0 Å². The Bertz CT molecular complexity index is 834. The first kappa shape index (κ1) is 21.4. The van der Waals surface area contributed by atoms with Crippen LogP contribution in [-0.4, -0.2) is 52.0 Å². The van der Waals surface area contributed by atoms with Crippen LogP contribution in [0.5, 0.6) is 0 Å². The summed E-state index contributed by atoms with van der Waals surface area (Å²) in [5.41, 5.74) is 0.615. The summed E-state index contributed by atoms with van der Waals surface area (Å²) in [6, 6.07) is 14.6. The number of likely N-dealkylation sites (tertiary alicyclic amines) is 1. The van der Waals surface area contributed by atoms with Gasteiger partial charge in [0.15, 0.2) is 0 Å². The Morgan fingerprint density at radius 1 is 1.14 bits per heavy atom. The van der Waals surface area contributed by atoms with Gasteiger partial charge in [-0.05, 0) is 30.5 Å². The minimum atomic E-state index is -1.24. The van der Waals surface area contributed by atoms with Crippen LogP contribution >= 0.6 is 11.6 Å². The molecule has 1 aliphatic heterocycles. The maximum absolute atomic E-state index is 12.5. The van der Waals surface area contributed by atoms with Crippen molar-refractivity contribution in [1.29, 1.82) is 0 Å². The predicted octanol–water partition coefficient (Wildman–Crippen LogP) is 3.63. The number of nitro groups is 1. The Kier molecular flexibility index (Phi) is 7.00. The summed E-state index contributed by atoms with van der Waals surface area (Å²) < 4.78 is 0. The topological polar surface area (TPSA) is 83.7 Å². The molecule has 0 radical (unpaired) electrons. The SMILES string of the molecule is O=C(c1ccccc1)C(CCN1CCC(O)(Cc2ccc(Cl)cc2)CC1)[N+](=O)[O-]. The molecule has 1 heterocycles. The van der Waals surface area contributed by atoms with Gasteiger partial charge in [-0.3, -0.25) is 14.9 Å². The number of halogens is 1. The van der Waals surface area contributed by atoms with Crippen LogP contribution in [0.25, 0.3) is 0 Å². The summed E-state index contributed by atoms with van der Waals surface area (Å²) in [6.45, 7) is 1.75. The van der Waals surface area contributed by atoms with E-state index < -0.39 is 22.3 Å². The molecule has 0 amide bonds. The van der Waals surface area contributed by atoms with Crippen LogP contribution in [0.4, 0.5) is 0 Å². The van der Waals surface area contributed by atoms with E-state index in [0.717, 1.165) is 5.56 Å². The average molecular weight is 417 g/mol. The third-order valence-corrected chi connectivity index (χ3v) is 5.82. The highest BCUT2D eigenvalue weighted by atomic mass is 35.5. The average Bonchev–Trinajstić information content (AvgIpc) is 2.71. The zero-order chi connectivity index (χ0) is 20.9. The monoisotopic (exact) mass is 416 g/mol. The molecule has 1 aliphatic rings. The molecule has 154 valence electrons. The second kappa shape index (κ2) is 9.48.